The lowest BCUT2D eigenvalue weighted by Crippen LogP contribution is -2.37. The topological polar surface area (TPSA) is 71.1 Å². The molecule has 2 rings (SSSR count). The van der Waals surface area contributed by atoms with Crippen LogP contribution in [0.15, 0.2) is 36.3 Å². The molecule has 0 aromatic carbocycles. The molecule has 17 heavy (non-hydrogen) atoms. The number of nitrogens with zero attached hydrogens (tertiary/aromatic N) is 1. The Kier molecular flexibility index (Phi) is 3.49. The highest BCUT2D eigenvalue weighted by Gasteiger charge is 2.10. The first-order chi connectivity index (χ1) is 8.25. The van der Waals surface area contributed by atoms with Gasteiger partial charge in [-0.05, 0) is 25.0 Å². The van der Waals surface area contributed by atoms with Crippen molar-refractivity contribution < 1.29 is 9.59 Å². The minimum atomic E-state index is -0.267. The molecule has 0 bridgehead atoms. The van der Waals surface area contributed by atoms with E-state index in [1.165, 1.54) is 12.3 Å². The molecule has 1 heterocycles. The number of hydrazine groups is 1. The zero-order chi connectivity index (χ0) is 12.1. The van der Waals surface area contributed by atoms with Crippen LogP contribution in [-0.2, 0) is 4.79 Å². The van der Waals surface area contributed by atoms with Gasteiger partial charge in [-0.1, -0.05) is 0 Å². The summed E-state index contributed by atoms with van der Waals surface area (Å²) in [6, 6.07) is 3.36. The number of hydrogen-bond acceptors (Lipinski definition) is 4. The van der Waals surface area contributed by atoms with Gasteiger partial charge in [0.05, 0.1) is 5.56 Å². The number of aromatic nitrogens is 1. The molecule has 0 saturated heterocycles. The second-order valence-corrected chi connectivity index (χ2v) is 3.81. The van der Waals surface area contributed by atoms with E-state index in [4.69, 9.17) is 0 Å². The number of hydrogen-bond donors (Lipinski definition) is 2. The van der Waals surface area contributed by atoms with Crippen LogP contribution in [0.1, 0.15) is 29.6 Å². The molecule has 0 radical (unpaired) electrons. The monoisotopic (exact) mass is 231 g/mol. The average molecular weight is 231 g/mol. The molecule has 0 fully saturated rings. The third-order valence-electron chi connectivity index (χ3n) is 2.46. The van der Waals surface area contributed by atoms with Gasteiger partial charge in [-0.3, -0.25) is 20.0 Å². The second kappa shape index (κ2) is 5.25. The highest BCUT2D eigenvalue weighted by Crippen LogP contribution is 2.11. The summed E-state index contributed by atoms with van der Waals surface area (Å²) in [6.45, 7) is 0. The highest BCUT2D eigenvalue weighted by molar-refractivity contribution is 5.94. The van der Waals surface area contributed by atoms with E-state index in [2.05, 4.69) is 15.8 Å². The summed E-state index contributed by atoms with van der Waals surface area (Å²) in [4.78, 5) is 26.6. The van der Waals surface area contributed by atoms with Crippen molar-refractivity contribution in [3.05, 3.63) is 41.9 Å². The van der Waals surface area contributed by atoms with Crippen LogP contribution in [0.2, 0.25) is 0 Å². The van der Waals surface area contributed by atoms with Crippen molar-refractivity contribution in [3.8, 4) is 0 Å². The largest absolute Gasteiger partial charge is 0.302 e. The summed E-state index contributed by atoms with van der Waals surface area (Å²) in [7, 11) is 0. The Balaban J connectivity index is 1.91. The van der Waals surface area contributed by atoms with Gasteiger partial charge in [0.25, 0.3) is 5.91 Å². The molecule has 1 amide bonds. The van der Waals surface area contributed by atoms with Crippen LogP contribution >= 0.6 is 0 Å². The Morgan fingerprint density at radius 2 is 2.24 bits per heavy atom. The Morgan fingerprint density at radius 1 is 1.35 bits per heavy atom. The molecule has 0 saturated carbocycles. The van der Waals surface area contributed by atoms with Gasteiger partial charge >= 0.3 is 0 Å². The van der Waals surface area contributed by atoms with Gasteiger partial charge in [0.1, 0.15) is 0 Å². The normalized spacial score (nSPS) is 15.1. The lowest BCUT2D eigenvalue weighted by molar-refractivity contribution is -0.115. The fourth-order valence-corrected chi connectivity index (χ4v) is 1.60. The first-order valence-electron chi connectivity index (χ1n) is 5.45. The first kappa shape index (κ1) is 11.3. The molecular weight excluding hydrogens is 218 g/mol. The van der Waals surface area contributed by atoms with Gasteiger partial charge in [-0.15, -0.1) is 0 Å². The number of ketones is 1. The third kappa shape index (κ3) is 3.14. The molecular formula is C12H13N3O2. The van der Waals surface area contributed by atoms with Gasteiger partial charge < -0.3 is 5.43 Å². The predicted octanol–water partition coefficient (Wildman–Crippen LogP) is 0.953. The van der Waals surface area contributed by atoms with Crippen LogP contribution in [0, 0.1) is 0 Å². The SMILES string of the molecule is O=C1C=C(NNC(=O)c2cccnc2)CCC1. The van der Waals surface area contributed by atoms with E-state index in [-0.39, 0.29) is 11.7 Å². The molecule has 1 aromatic rings. The lowest BCUT2D eigenvalue weighted by Gasteiger charge is -2.14. The zero-order valence-corrected chi connectivity index (χ0v) is 9.27. The molecule has 1 aliphatic carbocycles. The standard InChI is InChI=1S/C12H13N3O2/c16-11-5-1-4-10(7-11)14-15-12(17)9-3-2-6-13-8-9/h2-3,6-8,14H,1,4-5H2,(H,15,17). The summed E-state index contributed by atoms with van der Waals surface area (Å²) >= 11 is 0. The Hall–Kier alpha value is -2.17. The van der Waals surface area contributed by atoms with Crippen LogP contribution in [0.4, 0.5) is 0 Å². The molecule has 5 heteroatoms. The van der Waals surface area contributed by atoms with Crippen molar-refractivity contribution in [2.45, 2.75) is 19.3 Å². The Labute approximate surface area is 98.9 Å². The Morgan fingerprint density at radius 3 is 2.94 bits per heavy atom. The maximum Gasteiger partial charge on any atom is 0.271 e. The van der Waals surface area contributed by atoms with E-state index in [0.717, 1.165) is 18.5 Å². The number of pyridine rings is 1. The summed E-state index contributed by atoms with van der Waals surface area (Å²) in [5.74, 6) is -0.175. The molecule has 0 spiro atoms. The van der Waals surface area contributed by atoms with Gasteiger partial charge in [-0.25, -0.2) is 0 Å². The molecule has 1 aliphatic rings. The van der Waals surface area contributed by atoms with Crippen LogP contribution in [0.5, 0.6) is 0 Å². The van der Waals surface area contributed by atoms with E-state index in [1.807, 2.05) is 0 Å². The van der Waals surface area contributed by atoms with Crippen molar-refractivity contribution in [3.63, 3.8) is 0 Å². The van der Waals surface area contributed by atoms with E-state index in [1.54, 1.807) is 18.3 Å². The van der Waals surface area contributed by atoms with Crippen LogP contribution in [-0.4, -0.2) is 16.7 Å². The summed E-state index contributed by atoms with van der Waals surface area (Å²) in [5.41, 5.74) is 6.53. The maximum absolute atomic E-state index is 11.6. The van der Waals surface area contributed by atoms with Crippen molar-refractivity contribution in [1.82, 2.24) is 15.8 Å². The van der Waals surface area contributed by atoms with Crippen molar-refractivity contribution in [2.24, 2.45) is 0 Å². The maximum atomic E-state index is 11.6. The fraction of sp³-hybridized carbons (Fsp3) is 0.250. The average Bonchev–Trinajstić information content (AvgIpc) is 2.37. The lowest BCUT2D eigenvalue weighted by atomic mass is 10.0. The quantitative estimate of drug-likeness (QED) is 0.760. The van der Waals surface area contributed by atoms with E-state index >= 15 is 0 Å². The van der Waals surface area contributed by atoms with Crippen molar-refractivity contribution in [1.29, 1.82) is 0 Å². The number of amides is 1. The molecule has 88 valence electrons. The van der Waals surface area contributed by atoms with Crippen molar-refractivity contribution in [2.75, 3.05) is 0 Å². The van der Waals surface area contributed by atoms with Crippen molar-refractivity contribution >= 4 is 11.7 Å². The molecule has 5 nitrogen and oxygen atoms in total. The zero-order valence-electron chi connectivity index (χ0n) is 9.27. The molecule has 0 atom stereocenters. The number of rotatable bonds is 3. The minimum absolute atomic E-state index is 0.0920. The molecule has 1 aromatic heterocycles. The third-order valence-corrected chi connectivity index (χ3v) is 2.46. The van der Waals surface area contributed by atoms with E-state index in [9.17, 15) is 9.59 Å². The van der Waals surface area contributed by atoms with Gasteiger partial charge in [-0.2, -0.15) is 0 Å². The number of carbonyl (C=O) groups excluding carboxylic acids is 2. The number of carbonyl (C=O) groups is 2. The summed E-state index contributed by atoms with van der Waals surface area (Å²) < 4.78 is 0. The molecule has 2 N–H and O–H groups in total. The van der Waals surface area contributed by atoms with Gasteiger partial charge in [0.15, 0.2) is 5.78 Å². The minimum Gasteiger partial charge on any atom is -0.302 e. The summed E-state index contributed by atoms with van der Waals surface area (Å²) in [5, 5.41) is 0. The van der Waals surface area contributed by atoms with Gasteiger partial charge in [0, 0.05) is 30.6 Å². The van der Waals surface area contributed by atoms with E-state index < -0.39 is 0 Å². The van der Waals surface area contributed by atoms with Gasteiger partial charge in [0.2, 0.25) is 0 Å². The smallest absolute Gasteiger partial charge is 0.271 e. The first-order valence-corrected chi connectivity index (χ1v) is 5.45. The van der Waals surface area contributed by atoms with Crippen LogP contribution in [0.3, 0.4) is 0 Å². The molecule has 0 aliphatic heterocycles. The Bertz CT molecular complexity index is 454. The number of allylic oxidation sites excluding steroid dienone is 2. The van der Waals surface area contributed by atoms with Crippen LogP contribution in [0.25, 0.3) is 0 Å². The second-order valence-electron chi connectivity index (χ2n) is 3.81. The fourth-order valence-electron chi connectivity index (χ4n) is 1.60. The molecule has 0 unspecified atom stereocenters. The summed E-state index contributed by atoms with van der Waals surface area (Å²) in [6.07, 6.45) is 6.80. The predicted molar refractivity (Wildman–Crippen MR) is 61.8 cm³/mol. The van der Waals surface area contributed by atoms with E-state index in [0.29, 0.717) is 12.0 Å². The highest BCUT2D eigenvalue weighted by atomic mass is 16.2. The van der Waals surface area contributed by atoms with Crippen LogP contribution < -0.4 is 10.9 Å². The number of nitrogens with one attached hydrogen (secondary N) is 2.